The van der Waals surface area contributed by atoms with Gasteiger partial charge in [-0.05, 0) is 23.8 Å². The van der Waals surface area contributed by atoms with E-state index < -0.39 is 42.7 Å². The summed E-state index contributed by atoms with van der Waals surface area (Å²) in [5.41, 5.74) is -0.747. The molecule has 21 heavy (non-hydrogen) atoms. The highest BCUT2D eigenvalue weighted by Crippen LogP contribution is 2.23. The summed E-state index contributed by atoms with van der Waals surface area (Å²) in [6, 6.07) is 7.58. The molecule has 5 nitrogen and oxygen atoms in total. The summed E-state index contributed by atoms with van der Waals surface area (Å²) in [5, 5.41) is 10.5. The Morgan fingerprint density at radius 2 is 1.71 bits per heavy atom. The molecule has 110 valence electrons. The molecule has 8 heteroatoms. The molecule has 0 aliphatic rings. The lowest BCUT2D eigenvalue weighted by Crippen LogP contribution is -2.07. The molecule has 0 aliphatic carbocycles. The number of nitrogens with zero attached hydrogens (tertiary/aromatic N) is 1. The fourth-order valence-electron chi connectivity index (χ4n) is 1.78. The third-order valence-electron chi connectivity index (χ3n) is 2.74. The largest absolute Gasteiger partial charge is 0.304 e. The summed E-state index contributed by atoms with van der Waals surface area (Å²) in [6.45, 7) is 0. The van der Waals surface area contributed by atoms with Gasteiger partial charge in [0.1, 0.15) is 10.7 Å². The average molecular weight is 313 g/mol. The second-order valence-corrected chi connectivity index (χ2v) is 6.19. The zero-order valence-electron chi connectivity index (χ0n) is 10.5. The second kappa shape index (κ2) is 5.57. The van der Waals surface area contributed by atoms with Gasteiger partial charge in [-0.15, -0.1) is 0 Å². The van der Waals surface area contributed by atoms with E-state index >= 15 is 0 Å². The number of rotatable bonds is 4. The van der Waals surface area contributed by atoms with Gasteiger partial charge in [-0.3, -0.25) is 10.1 Å². The standard InChI is InChI=1S/C13H9F2NO4S/c14-10-3-1-2-4-13(10)21(19,20)8-9-5-6-12(16(17)18)11(15)7-9/h1-7H,8H2. The first-order valence-corrected chi connectivity index (χ1v) is 7.36. The van der Waals surface area contributed by atoms with Crippen molar-refractivity contribution in [1.29, 1.82) is 0 Å². The van der Waals surface area contributed by atoms with Gasteiger partial charge in [0, 0.05) is 6.07 Å². The number of halogens is 2. The molecule has 0 bridgehead atoms. The van der Waals surface area contributed by atoms with Crippen LogP contribution in [0.1, 0.15) is 5.56 Å². The Kier molecular flexibility index (Phi) is 3.99. The Labute approximate surface area is 118 Å². The van der Waals surface area contributed by atoms with Crippen molar-refractivity contribution >= 4 is 15.5 Å². The Morgan fingerprint density at radius 3 is 2.29 bits per heavy atom. The maximum Gasteiger partial charge on any atom is 0.304 e. The van der Waals surface area contributed by atoms with E-state index in [1.807, 2.05) is 0 Å². The molecule has 0 atom stereocenters. The predicted molar refractivity (Wildman–Crippen MR) is 70.3 cm³/mol. The van der Waals surface area contributed by atoms with Crippen LogP contribution < -0.4 is 0 Å². The summed E-state index contributed by atoms with van der Waals surface area (Å²) < 4.78 is 51.1. The van der Waals surface area contributed by atoms with Gasteiger partial charge in [0.25, 0.3) is 0 Å². The number of sulfone groups is 1. The van der Waals surface area contributed by atoms with Crippen LogP contribution in [-0.2, 0) is 15.6 Å². The van der Waals surface area contributed by atoms with Crippen molar-refractivity contribution in [1.82, 2.24) is 0 Å². The van der Waals surface area contributed by atoms with Gasteiger partial charge in [-0.2, -0.15) is 4.39 Å². The normalized spacial score (nSPS) is 11.3. The molecule has 0 saturated carbocycles. The topological polar surface area (TPSA) is 77.3 Å². The fraction of sp³-hybridized carbons (Fsp3) is 0.0769. The van der Waals surface area contributed by atoms with Crippen molar-refractivity contribution in [3.63, 3.8) is 0 Å². The van der Waals surface area contributed by atoms with Crippen LogP contribution in [0.5, 0.6) is 0 Å². The third kappa shape index (κ3) is 3.22. The van der Waals surface area contributed by atoms with Crippen LogP contribution in [0.25, 0.3) is 0 Å². The number of hydrogen-bond donors (Lipinski definition) is 0. The van der Waals surface area contributed by atoms with Gasteiger partial charge in [-0.25, -0.2) is 12.8 Å². The molecule has 0 fully saturated rings. The van der Waals surface area contributed by atoms with E-state index in [0.717, 1.165) is 30.3 Å². The van der Waals surface area contributed by atoms with E-state index in [0.29, 0.717) is 0 Å². The molecule has 0 unspecified atom stereocenters. The highest BCUT2D eigenvalue weighted by atomic mass is 32.2. The Balaban J connectivity index is 2.36. The lowest BCUT2D eigenvalue weighted by Gasteiger charge is -2.06. The number of benzene rings is 2. The fourth-order valence-corrected chi connectivity index (χ4v) is 3.21. The first-order valence-electron chi connectivity index (χ1n) is 5.71. The summed E-state index contributed by atoms with van der Waals surface area (Å²) >= 11 is 0. The zero-order chi connectivity index (χ0) is 15.6. The third-order valence-corrected chi connectivity index (χ3v) is 4.45. The summed E-state index contributed by atoms with van der Waals surface area (Å²) in [4.78, 5) is 9.07. The van der Waals surface area contributed by atoms with Crippen LogP contribution >= 0.6 is 0 Å². The van der Waals surface area contributed by atoms with Crippen LogP contribution in [0, 0.1) is 21.7 Å². The minimum atomic E-state index is -4.01. The zero-order valence-corrected chi connectivity index (χ0v) is 11.3. The highest BCUT2D eigenvalue weighted by molar-refractivity contribution is 7.90. The van der Waals surface area contributed by atoms with E-state index in [1.54, 1.807) is 0 Å². The molecule has 0 heterocycles. The van der Waals surface area contributed by atoms with Gasteiger partial charge in [0.05, 0.1) is 10.7 Å². The maximum atomic E-state index is 13.5. The van der Waals surface area contributed by atoms with Crippen LogP contribution in [0.4, 0.5) is 14.5 Å². The smallest absolute Gasteiger partial charge is 0.258 e. The van der Waals surface area contributed by atoms with Crippen molar-refractivity contribution in [2.75, 3.05) is 0 Å². The van der Waals surface area contributed by atoms with E-state index in [2.05, 4.69) is 0 Å². The molecular formula is C13H9F2NO4S. The van der Waals surface area contributed by atoms with Gasteiger partial charge in [-0.1, -0.05) is 18.2 Å². The lowest BCUT2D eigenvalue weighted by molar-refractivity contribution is -0.387. The number of nitro groups is 1. The molecule has 0 aromatic heterocycles. The van der Waals surface area contributed by atoms with Crippen molar-refractivity contribution in [3.8, 4) is 0 Å². The maximum absolute atomic E-state index is 13.5. The average Bonchev–Trinajstić information content (AvgIpc) is 2.38. The van der Waals surface area contributed by atoms with Crippen LogP contribution in [0.3, 0.4) is 0 Å². The van der Waals surface area contributed by atoms with E-state index in [-0.39, 0.29) is 5.56 Å². The van der Waals surface area contributed by atoms with Crippen LogP contribution in [0.2, 0.25) is 0 Å². The molecule has 2 rings (SSSR count). The second-order valence-electron chi connectivity index (χ2n) is 4.23. The van der Waals surface area contributed by atoms with Crippen LogP contribution in [0.15, 0.2) is 47.4 Å². The van der Waals surface area contributed by atoms with E-state index in [9.17, 15) is 27.3 Å². The SMILES string of the molecule is O=[N+]([O-])c1ccc(CS(=O)(=O)c2ccccc2F)cc1F. The Morgan fingerprint density at radius 1 is 1.05 bits per heavy atom. The highest BCUT2D eigenvalue weighted by Gasteiger charge is 2.21. The minimum Gasteiger partial charge on any atom is -0.258 e. The Hall–Kier alpha value is -2.35. The molecule has 0 saturated heterocycles. The molecular weight excluding hydrogens is 304 g/mol. The van der Waals surface area contributed by atoms with Gasteiger partial charge >= 0.3 is 5.69 Å². The van der Waals surface area contributed by atoms with Crippen molar-refractivity contribution < 1.29 is 22.1 Å². The van der Waals surface area contributed by atoms with Gasteiger partial charge in [0.15, 0.2) is 9.84 Å². The first kappa shape index (κ1) is 15.0. The Bertz CT molecular complexity index is 806. The van der Waals surface area contributed by atoms with Crippen molar-refractivity contribution in [2.45, 2.75) is 10.6 Å². The first-order chi connectivity index (χ1) is 9.81. The molecule has 0 spiro atoms. The van der Waals surface area contributed by atoms with Crippen molar-refractivity contribution in [2.24, 2.45) is 0 Å². The summed E-state index contributed by atoms with van der Waals surface area (Å²) in [6.07, 6.45) is 0. The predicted octanol–water partition coefficient (Wildman–Crippen LogP) is 2.85. The molecule has 0 amide bonds. The quantitative estimate of drug-likeness (QED) is 0.642. The van der Waals surface area contributed by atoms with Crippen molar-refractivity contribution in [3.05, 3.63) is 69.8 Å². The molecule has 0 N–H and O–H groups in total. The monoisotopic (exact) mass is 313 g/mol. The van der Waals surface area contributed by atoms with Gasteiger partial charge in [0.2, 0.25) is 5.82 Å². The molecule has 2 aromatic rings. The molecule has 0 aliphatic heterocycles. The lowest BCUT2D eigenvalue weighted by atomic mass is 10.2. The summed E-state index contributed by atoms with van der Waals surface area (Å²) in [5.74, 6) is -2.69. The summed E-state index contributed by atoms with van der Waals surface area (Å²) in [7, 11) is -4.01. The van der Waals surface area contributed by atoms with E-state index in [4.69, 9.17) is 0 Å². The minimum absolute atomic E-state index is 0.00125. The van der Waals surface area contributed by atoms with Gasteiger partial charge < -0.3 is 0 Å². The van der Waals surface area contributed by atoms with E-state index in [1.165, 1.54) is 12.1 Å². The number of hydrogen-bond acceptors (Lipinski definition) is 4. The molecule has 0 radical (unpaired) electrons. The van der Waals surface area contributed by atoms with Crippen LogP contribution in [-0.4, -0.2) is 13.3 Å². The number of nitro benzene ring substituents is 1. The molecule has 2 aromatic carbocycles.